The average molecular weight is 405 g/mol. The average Bonchev–Trinajstić information content (AvgIpc) is 3.41. The van der Waals surface area contributed by atoms with Gasteiger partial charge in [0, 0.05) is 31.7 Å². The number of alkyl halides is 3. The van der Waals surface area contributed by atoms with Gasteiger partial charge >= 0.3 is 6.18 Å². The minimum absolute atomic E-state index is 0.0268. The molecule has 3 heterocycles. The molecule has 0 amide bonds. The summed E-state index contributed by atoms with van der Waals surface area (Å²) in [4.78, 5) is 17.6. The Morgan fingerprint density at radius 3 is 1.97 bits per heavy atom. The fourth-order valence-electron chi connectivity index (χ4n) is 3.55. The normalized spacial score (nSPS) is 17.5. The second-order valence-electron chi connectivity index (χ2n) is 7.10. The minimum atomic E-state index is -4.44. The summed E-state index contributed by atoms with van der Waals surface area (Å²) < 4.78 is 39.4. The first-order valence-electron chi connectivity index (χ1n) is 9.72. The van der Waals surface area contributed by atoms with Crippen molar-refractivity contribution < 1.29 is 13.2 Å². The van der Waals surface area contributed by atoms with E-state index in [2.05, 4.69) is 35.3 Å². The van der Waals surface area contributed by atoms with Gasteiger partial charge in [-0.25, -0.2) is 5.43 Å². The Bertz CT molecular complexity index is 838. The minimum Gasteiger partial charge on any atom is -0.341 e. The first-order valence-corrected chi connectivity index (χ1v) is 9.72. The summed E-state index contributed by atoms with van der Waals surface area (Å²) in [5, 5.41) is 3.96. The number of hydrogen-bond acceptors (Lipinski definition) is 7. The molecule has 2 saturated heterocycles. The molecule has 2 fully saturated rings. The summed E-state index contributed by atoms with van der Waals surface area (Å²) in [7, 11) is 0. The van der Waals surface area contributed by atoms with Crippen LogP contribution in [-0.2, 0) is 6.18 Å². The predicted octanol–water partition coefficient (Wildman–Crippen LogP) is 3.54. The molecule has 29 heavy (non-hydrogen) atoms. The lowest BCUT2D eigenvalue weighted by Gasteiger charge is -2.20. The third-order valence-electron chi connectivity index (χ3n) is 5.02. The van der Waals surface area contributed by atoms with Crippen LogP contribution in [0.25, 0.3) is 0 Å². The van der Waals surface area contributed by atoms with Crippen LogP contribution in [0.4, 0.5) is 31.0 Å². The van der Waals surface area contributed by atoms with Crippen molar-refractivity contribution in [1.82, 2.24) is 15.0 Å². The summed E-state index contributed by atoms with van der Waals surface area (Å²) in [5.74, 6) is 1.38. The van der Waals surface area contributed by atoms with Crippen LogP contribution in [0.3, 0.4) is 0 Å². The van der Waals surface area contributed by atoms with E-state index in [1.807, 2.05) is 0 Å². The van der Waals surface area contributed by atoms with Crippen molar-refractivity contribution in [2.24, 2.45) is 5.10 Å². The first kappa shape index (κ1) is 19.4. The highest BCUT2D eigenvalue weighted by Crippen LogP contribution is 2.31. The molecule has 0 atom stereocenters. The lowest BCUT2D eigenvalue weighted by Crippen LogP contribution is -2.25. The number of benzene rings is 1. The van der Waals surface area contributed by atoms with E-state index in [0.717, 1.165) is 64.1 Å². The zero-order valence-corrected chi connectivity index (χ0v) is 15.9. The molecule has 2 aliphatic rings. The molecule has 0 spiro atoms. The van der Waals surface area contributed by atoms with E-state index in [1.165, 1.54) is 18.2 Å². The molecule has 4 rings (SSSR count). The second-order valence-corrected chi connectivity index (χ2v) is 7.10. The molecule has 7 nitrogen and oxygen atoms in total. The maximum Gasteiger partial charge on any atom is 0.417 e. The van der Waals surface area contributed by atoms with Crippen LogP contribution in [0.5, 0.6) is 0 Å². The molecule has 1 N–H and O–H groups in total. The number of hydrogen-bond donors (Lipinski definition) is 1. The smallest absolute Gasteiger partial charge is 0.341 e. The second kappa shape index (κ2) is 8.22. The van der Waals surface area contributed by atoms with E-state index >= 15 is 0 Å². The van der Waals surface area contributed by atoms with Crippen molar-refractivity contribution >= 4 is 24.1 Å². The Kier molecular flexibility index (Phi) is 5.50. The van der Waals surface area contributed by atoms with E-state index in [1.54, 1.807) is 0 Å². The molecule has 0 unspecified atom stereocenters. The van der Waals surface area contributed by atoms with Crippen LogP contribution in [0.15, 0.2) is 29.4 Å². The van der Waals surface area contributed by atoms with Crippen LogP contribution in [0.1, 0.15) is 36.8 Å². The van der Waals surface area contributed by atoms with E-state index in [9.17, 15) is 13.2 Å². The Balaban J connectivity index is 1.57. The van der Waals surface area contributed by atoms with Gasteiger partial charge in [-0.3, -0.25) is 0 Å². The molecule has 0 aliphatic carbocycles. The van der Waals surface area contributed by atoms with Crippen LogP contribution in [0, 0.1) is 0 Å². The number of nitrogens with zero attached hydrogens (tertiary/aromatic N) is 6. The van der Waals surface area contributed by atoms with Crippen LogP contribution >= 0.6 is 0 Å². The Morgan fingerprint density at radius 2 is 1.41 bits per heavy atom. The largest absolute Gasteiger partial charge is 0.417 e. The molecule has 1 aromatic carbocycles. The van der Waals surface area contributed by atoms with Crippen molar-refractivity contribution in [2.75, 3.05) is 41.4 Å². The number of aromatic nitrogens is 3. The van der Waals surface area contributed by atoms with Gasteiger partial charge < -0.3 is 9.80 Å². The number of halogens is 3. The quantitative estimate of drug-likeness (QED) is 0.606. The van der Waals surface area contributed by atoms with Crippen molar-refractivity contribution in [1.29, 1.82) is 0 Å². The predicted molar refractivity (Wildman–Crippen MR) is 105 cm³/mol. The number of anilines is 3. The summed E-state index contributed by atoms with van der Waals surface area (Å²) in [6.45, 7) is 3.52. The molecular weight excluding hydrogens is 383 g/mol. The van der Waals surface area contributed by atoms with Crippen LogP contribution in [-0.4, -0.2) is 47.3 Å². The highest BCUT2D eigenvalue weighted by Gasteiger charge is 2.32. The zero-order valence-electron chi connectivity index (χ0n) is 15.9. The maximum absolute atomic E-state index is 13.1. The zero-order chi connectivity index (χ0) is 20.3. The topological polar surface area (TPSA) is 69.5 Å². The highest BCUT2D eigenvalue weighted by atomic mass is 19.4. The fourth-order valence-corrected chi connectivity index (χ4v) is 3.55. The molecule has 1 aromatic heterocycles. The maximum atomic E-state index is 13.1. The van der Waals surface area contributed by atoms with Gasteiger partial charge in [0.15, 0.2) is 0 Å². The fraction of sp³-hybridized carbons (Fsp3) is 0.474. The van der Waals surface area contributed by atoms with Gasteiger partial charge in [-0.05, 0) is 31.7 Å². The van der Waals surface area contributed by atoms with Crippen molar-refractivity contribution in [2.45, 2.75) is 31.9 Å². The molecule has 0 radical (unpaired) electrons. The van der Waals surface area contributed by atoms with Gasteiger partial charge in [0.2, 0.25) is 17.8 Å². The van der Waals surface area contributed by atoms with Gasteiger partial charge in [-0.15, -0.1) is 0 Å². The molecular formula is C19H22F3N7. The number of rotatable bonds is 5. The summed E-state index contributed by atoms with van der Waals surface area (Å²) in [5.41, 5.74) is 1.92. The van der Waals surface area contributed by atoms with Gasteiger partial charge in [0.05, 0.1) is 11.8 Å². The van der Waals surface area contributed by atoms with E-state index in [-0.39, 0.29) is 11.5 Å². The summed E-state index contributed by atoms with van der Waals surface area (Å²) in [6.07, 6.45) is 1.03. The van der Waals surface area contributed by atoms with Gasteiger partial charge in [0.25, 0.3) is 0 Å². The van der Waals surface area contributed by atoms with E-state index in [4.69, 9.17) is 0 Å². The molecule has 154 valence electrons. The van der Waals surface area contributed by atoms with Crippen LogP contribution in [0.2, 0.25) is 0 Å². The third-order valence-corrected chi connectivity index (χ3v) is 5.02. The monoisotopic (exact) mass is 405 g/mol. The van der Waals surface area contributed by atoms with Crippen LogP contribution < -0.4 is 15.2 Å². The third kappa shape index (κ3) is 4.57. The lowest BCUT2D eigenvalue weighted by atomic mass is 10.1. The number of hydrazone groups is 1. The highest BCUT2D eigenvalue weighted by molar-refractivity contribution is 5.82. The molecule has 2 aromatic rings. The SMILES string of the molecule is FC(F)(F)c1ccccc1/C=N\Nc1nc(N2CCCC2)nc(N2CCCC2)n1. The molecule has 2 aliphatic heterocycles. The molecule has 0 saturated carbocycles. The van der Waals surface area contributed by atoms with Gasteiger partial charge in [0.1, 0.15) is 0 Å². The molecule has 0 bridgehead atoms. The Hall–Kier alpha value is -2.91. The van der Waals surface area contributed by atoms with E-state index < -0.39 is 11.7 Å². The summed E-state index contributed by atoms with van der Waals surface area (Å²) >= 11 is 0. The molecule has 10 heteroatoms. The lowest BCUT2D eigenvalue weighted by molar-refractivity contribution is -0.137. The van der Waals surface area contributed by atoms with Crippen molar-refractivity contribution in [3.05, 3.63) is 35.4 Å². The Morgan fingerprint density at radius 1 is 0.862 bits per heavy atom. The first-order chi connectivity index (χ1) is 14.0. The number of nitrogens with one attached hydrogen (secondary N) is 1. The van der Waals surface area contributed by atoms with Gasteiger partial charge in [-0.1, -0.05) is 18.2 Å². The van der Waals surface area contributed by atoms with Crippen molar-refractivity contribution in [3.8, 4) is 0 Å². The summed E-state index contributed by atoms with van der Waals surface area (Å²) in [6, 6.07) is 5.29. The standard InChI is InChI=1S/C19H22F3N7/c20-19(21,22)15-8-2-1-7-14(15)13-23-27-16-24-17(28-9-3-4-10-28)26-18(25-16)29-11-5-6-12-29/h1-2,7-8,13H,3-6,9-12H2,(H,24,25,26,27)/b23-13-. The van der Waals surface area contributed by atoms with E-state index in [0.29, 0.717) is 11.9 Å². The van der Waals surface area contributed by atoms with Gasteiger partial charge in [-0.2, -0.15) is 33.2 Å². The Labute approximate surface area is 166 Å². The van der Waals surface area contributed by atoms with Crippen molar-refractivity contribution in [3.63, 3.8) is 0 Å².